The Morgan fingerprint density at radius 1 is 1.00 bits per heavy atom. The number of phenolic OH excluding ortho intramolecular Hbond substituents is 1. The number of benzene rings is 2. The Morgan fingerprint density at radius 2 is 1.65 bits per heavy atom. The number of carbonyl (C=O) groups excluding carboxylic acids is 2. The summed E-state index contributed by atoms with van der Waals surface area (Å²) < 4.78 is 43.7. The van der Waals surface area contributed by atoms with Gasteiger partial charge in [-0.2, -0.15) is 18.2 Å². The van der Waals surface area contributed by atoms with Crippen molar-refractivity contribution in [3.05, 3.63) is 119 Å². The van der Waals surface area contributed by atoms with Crippen LogP contribution in [0.25, 0.3) is 0 Å². The van der Waals surface area contributed by atoms with Gasteiger partial charge in [-0.05, 0) is 66.3 Å². The molecule has 0 spiro atoms. The van der Waals surface area contributed by atoms with Crippen LogP contribution < -0.4 is 16.8 Å². The first kappa shape index (κ1) is 32.7. The third kappa shape index (κ3) is 4.67. The number of hydrazine groups is 1. The number of aromatic hydroxyl groups is 1. The number of fused-ring (bicyclic) bond motifs is 4. The lowest BCUT2D eigenvalue weighted by Gasteiger charge is -2.49. The van der Waals surface area contributed by atoms with E-state index < -0.39 is 63.2 Å². The van der Waals surface area contributed by atoms with Gasteiger partial charge in [0.15, 0.2) is 5.82 Å². The number of allylic oxidation sites excluding steroid dienone is 2. The zero-order chi connectivity index (χ0) is 35.3. The Hall–Kier alpha value is -4.82. The molecule has 1 saturated heterocycles. The summed E-state index contributed by atoms with van der Waals surface area (Å²) in [6.45, 7) is 3.39. The summed E-state index contributed by atoms with van der Waals surface area (Å²) in [4.78, 5) is 60.0. The maximum atomic E-state index is 15.1. The van der Waals surface area contributed by atoms with E-state index in [0.29, 0.717) is 50.1 Å². The largest absolute Gasteiger partial charge is 0.507 e. The van der Waals surface area contributed by atoms with Gasteiger partial charge in [0, 0.05) is 24.2 Å². The second-order valence-corrected chi connectivity index (χ2v) is 13.4. The van der Waals surface area contributed by atoms with Crippen LogP contribution in [0, 0.1) is 19.8 Å². The second-order valence-electron chi connectivity index (χ2n) is 12.5. The molecule has 254 valence electrons. The summed E-state index contributed by atoms with van der Waals surface area (Å²) in [7, 11) is 1.35. The zero-order valence-corrected chi connectivity index (χ0v) is 27.6. The highest BCUT2D eigenvalue weighted by Crippen LogP contribution is 2.62. The number of nitrogens with one attached hydrogen (secondary N) is 1. The van der Waals surface area contributed by atoms with Crippen molar-refractivity contribution in [3.63, 3.8) is 0 Å². The van der Waals surface area contributed by atoms with Crippen molar-refractivity contribution < 1.29 is 27.9 Å². The van der Waals surface area contributed by atoms with Gasteiger partial charge in [-0.1, -0.05) is 53.5 Å². The third-order valence-corrected chi connectivity index (χ3v) is 10.4. The first-order valence-electron chi connectivity index (χ1n) is 15.1. The fourth-order valence-electron chi connectivity index (χ4n) is 7.68. The van der Waals surface area contributed by atoms with E-state index in [9.17, 15) is 32.7 Å². The second kappa shape index (κ2) is 11.1. The van der Waals surface area contributed by atoms with Crippen molar-refractivity contribution >= 4 is 40.8 Å². The van der Waals surface area contributed by atoms with Crippen molar-refractivity contribution in [2.24, 2.45) is 13.0 Å². The zero-order valence-electron chi connectivity index (χ0n) is 26.0. The third-order valence-electron chi connectivity index (χ3n) is 9.86. The molecule has 2 aliphatic heterocycles. The number of anilines is 1. The number of hydrogen-bond acceptors (Lipinski definition) is 7. The SMILES string of the molecule is Cc1cc([C@H]2C3=CCn4c(=O)n(C)c(=O)n4[C@@H]3C[C@H]3C(=O)N(Nc4ncc(C(F)(F)F)cc4Cl)C(=O)[C@@]23c2ccc(Cl)cc2)cc(C)c1O. The van der Waals surface area contributed by atoms with Crippen molar-refractivity contribution in [1.82, 2.24) is 23.9 Å². The number of carbonyl (C=O) groups is 2. The van der Waals surface area contributed by atoms with E-state index in [0.717, 1.165) is 4.57 Å². The molecular formula is C33H27Cl2F3N6O5. The number of aromatic nitrogens is 4. The van der Waals surface area contributed by atoms with Gasteiger partial charge in [0.05, 0.1) is 34.5 Å². The van der Waals surface area contributed by atoms with Crippen LogP contribution in [0.15, 0.2) is 69.9 Å². The summed E-state index contributed by atoms with van der Waals surface area (Å²) in [6.07, 6.45) is -2.52. The maximum Gasteiger partial charge on any atom is 0.417 e. The van der Waals surface area contributed by atoms with Crippen LogP contribution in [0.2, 0.25) is 10.0 Å². The number of nitrogens with zero attached hydrogens (tertiary/aromatic N) is 5. The molecule has 2 N–H and O–H groups in total. The van der Waals surface area contributed by atoms with E-state index in [4.69, 9.17) is 23.2 Å². The topological polar surface area (TPSA) is 131 Å². The Kier molecular flexibility index (Phi) is 7.41. The minimum absolute atomic E-state index is 0.00381. The van der Waals surface area contributed by atoms with Gasteiger partial charge in [-0.25, -0.2) is 28.5 Å². The molecule has 3 aliphatic rings. The standard InChI is InChI=1S/C33H27Cl2F3N6O5/c1-15-10-17(11-16(2)26(15)45)25-21-8-9-42-30(48)41(3)31(49)44(42)24(21)13-22-28(46)43(29(47)32(22,25)18-4-6-20(34)7-5-18)40-27-23(35)12-19(14-39-27)33(36,37)38/h4-8,10-12,14,22,24-25,45H,9,13H2,1-3H3,(H,39,40)/t22-,24+,25-,32+/m0/s1. The normalized spacial score (nSPS) is 23.2. The van der Waals surface area contributed by atoms with Crippen LogP contribution in [-0.4, -0.2) is 40.8 Å². The molecular weight excluding hydrogens is 688 g/mol. The number of halogens is 5. The Morgan fingerprint density at radius 3 is 2.27 bits per heavy atom. The summed E-state index contributed by atoms with van der Waals surface area (Å²) in [5.41, 5.74) is 1.16. The lowest BCUT2D eigenvalue weighted by atomic mass is 9.53. The summed E-state index contributed by atoms with van der Waals surface area (Å²) in [5.74, 6) is -3.95. The monoisotopic (exact) mass is 714 g/mol. The van der Waals surface area contributed by atoms with Gasteiger partial charge in [0.1, 0.15) is 5.75 Å². The molecule has 1 saturated carbocycles. The number of aryl methyl sites for hydroxylation is 2. The van der Waals surface area contributed by atoms with Gasteiger partial charge in [-0.3, -0.25) is 15.0 Å². The van der Waals surface area contributed by atoms with Crippen LogP contribution in [0.3, 0.4) is 0 Å². The molecule has 1 aliphatic carbocycles. The maximum absolute atomic E-state index is 15.1. The summed E-state index contributed by atoms with van der Waals surface area (Å²) in [5, 5.41) is 11.3. The van der Waals surface area contributed by atoms with E-state index in [-0.39, 0.29) is 24.5 Å². The quantitative estimate of drug-likeness (QED) is 0.225. The molecule has 2 amide bonds. The fraction of sp³-hybridized carbons (Fsp3) is 0.303. The predicted octanol–water partition coefficient (Wildman–Crippen LogP) is 5.01. The van der Waals surface area contributed by atoms with E-state index in [2.05, 4.69) is 10.4 Å². The lowest BCUT2D eigenvalue weighted by Crippen LogP contribution is -2.53. The molecule has 0 unspecified atom stereocenters. The van der Waals surface area contributed by atoms with Gasteiger partial charge in [-0.15, -0.1) is 0 Å². The van der Waals surface area contributed by atoms with Crippen molar-refractivity contribution in [1.29, 1.82) is 0 Å². The van der Waals surface area contributed by atoms with Crippen LogP contribution >= 0.6 is 23.2 Å². The molecule has 0 radical (unpaired) electrons. The first-order chi connectivity index (χ1) is 23.1. The van der Waals surface area contributed by atoms with Gasteiger partial charge in [0.25, 0.3) is 11.8 Å². The van der Waals surface area contributed by atoms with Crippen LogP contribution in [-0.2, 0) is 34.8 Å². The van der Waals surface area contributed by atoms with Gasteiger partial charge < -0.3 is 5.11 Å². The van der Waals surface area contributed by atoms with Crippen molar-refractivity contribution in [3.8, 4) is 5.75 Å². The Balaban J connectivity index is 1.49. The molecule has 11 nitrogen and oxygen atoms in total. The minimum Gasteiger partial charge on any atom is -0.507 e. The summed E-state index contributed by atoms with van der Waals surface area (Å²) in [6, 6.07) is 9.64. The molecule has 2 aromatic carbocycles. The van der Waals surface area contributed by atoms with E-state index >= 15 is 4.79 Å². The number of alkyl halides is 3. The van der Waals surface area contributed by atoms with Crippen LogP contribution in [0.4, 0.5) is 19.0 Å². The number of rotatable bonds is 4. The van der Waals surface area contributed by atoms with Crippen LogP contribution in [0.1, 0.15) is 46.2 Å². The molecule has 7 rings (SSSR count). The Labute approximate surface area is 285 Å². The number of imide groups is 1. The lowest BCUT2D eigenvalue weighted by molar-refractivity contribution is -0.139. The number of phenols is 1. The fourth-order valence-corrected chi connectivity index (χ4v) is 8.02. The predicted molar refractivity (Wildman–Crippen MR) is 172 cm³/mol. The highest BCUT2D eigenvalue weighted by molar-refractivity contribution is 6.33. The molecule has 16 heteroatoms. The highest BCUT2D eigenvalue weighted by Gasteiger charge is 2.69. The minimum atomic E-state index is -4.74. The van der Waals surface area contributed by atoms with Crippen molar-refractivity contribution in [2.75, 3.05) is 5.43 Å². The van der Waals surface area contributed by atoms with Gasteiger partial charge in [0.2, 0.25) is 0 Å². The average molecular weight is 716 g/mol. The summed E-state index contributed by atoms with van der Waals surface area (Å²) >= 11 is 12.5. The molecule has 4 atom stereocenters. The molecule has 49 heavy (non-hydrogen) atoms. The molecule has 2 aromatic heterocycles. The number of pyridine rings is 1. The number of hydrogen-bond donors (Lipinski definition) is 2. The molecule has 4 heterocycles. The molecule has 4 aromatic rings. The first-order valence-corrected chi connectivity index (χ1v) is 15.8. The van der Waals surface area contributed by atoms with Crippen LogP contribution in [0.5, 0.6) is 5.75 Å². The van der Waals surface area contributed by atoms with E-state index in [1.807, 2.05) is 0 Å². The molecule has 0 bridgehead atoms. The smallest absolute Gasteiger partial charge is 0.417 e. The molecule has 2 fully saturated rings. The van der Waals surface area contributed by atoms with Gasteiger partial charge >= 0.3 is 17.6 Å². The van der Waals surface area contributed by atoms with Crippen molar-refractivity contribution in [2.45, 2.75) is 50.4 Å². The average Bonchev–Trinajstić information content (AvgIpc) is 3.40. The number of amides is 2. The van der Waals surface area contributed by atoms with E-state index in [1.165, 1.54) is 16.4 Å². The highest BCUT2D eigenvalue weighted by atomic mass is 35.5. The Bertz CT molecular complexity index is 2220. The van der Waals surface area contributed by atoms with E-state index in [1.54, 1.807) is 56.3 Å².